The Bertz CT molecular complexity index is 629. The number of rotatable bonds is 2. The van der Waals surface area contributed by atoms with E-state index in [0.717, 1.165) is 27.6 Å². The van der Waals surface area contributed by atoms with Crippen LogP contribution in [-0.2, 0) is 4.74 Å². The molecule has 0 amide bonds. The maximum Gasteiger partial charge on any atom is 0.339 e. The molecule has 0 atom stereocenters. The smallest absolute Gasteiger partial charge is 0.339 e. The molecule has 100 valence electrons. The Balaban J connectivity index is 2.06. The van der Waals surface area contributed by atoms with E-state index >= 15 is 0 Å². The maximum absolute atomic E-state index is 11.6. The molecule has 0 saturated carbocycles. The molecule has 0 saturated heterocycles. The predicted octanol–water partition coefficient (Wildman–Crippen LogP) is 2.61. The van der Waals surface area contributed by atoms with Crippen LogP contribution in [0.3, 0.4) is 0 Å². The van der Waals surface area contributed by atoms with E-state index in [1.165, 1.54) is 18.4 Å². The van der Waals surface area contributed by atoms with Crippen molar-refractivity contribution in [3.63, 3.8) is 0 Å². The Morgan fingerprint density at radius 3 is 3.00 bits per heavy atom. The summed E-state index contributed by atoms with van der Waals surface area (Å²) in [6, 6.07) is 0. The van der Waals surface area contributed by atoms with Crippen LogP contribution in [0.2, 0.25) is 0 Å². The second kappa shape index (κ2) is 4.62. The number of H-pyrrole nitrogens is 1. The third-order valence-electron chi connectivity index (χ3n) is 3.07. The molecular weight excluding hydrogens is 266 g/mol. The highest BCUT2D eigenvalue weighted by atomic mass is 32.1. The van der Waals surface area contributed by atoms with Crippen LogP contribution in [0.25, 0.3) is 10.6 Å². The number of aromatic nitrogens is 1. The number of methoxy groups -OCH3 is 1. The molecule has 0 radical (unpaired) electrons. The molecule has 2 aromatic rings. The summed E-state index contributed by atoms with van der Waals surface area (Å²) in [4.78, 5) is 15.7. The number of ether oxygens (including phenoxy) is 3. The Labute approximate surface area is 114 Å². The first-order chi connectivity index (χ1) is 9.22. The summed E-state index contributed by atoms with van der Waals surface area (Å²) in [6.07, 6.45) is 1.66. The molecular formula is C13H13NO4S. The van der Waals surface area contributed by atoms with Gasteiger partial charge in [0.25, 0.3) is 0 Å². The number of aromatic amines is 1. The SMILES string of the molecule is COC(=O)c1c[nH]c(-c2scc3c2OCCO3)c1C. The number of carbonyl (C=O) groups is 1. The van der Waals surface area contributed by atoms with Crippen LogP contribution in [-0.4, -0.2) is 31.3 Å². The summed E-state index contributed by atoms with van der Waals surface area (Å²) in [5.41, 5.74) is 2.26. The minimum Gasteiger partial charge on any atom is -0.485 e. The van der Waals surface area contributed by atoms with E-state index in [0.29, 0.717) is 18.8 Å². The molecule has 5 nitrogen and oxygen atoms in total. The van der Waals surface area contributed by atoms with Gasteiger partial charge in [0.05, 0.1) is 23.2 Å². The molecule has 0 spiro atoms. The second-order valence-electron chi connectivity index (χ2n) is 4.15. The van der Waals surface area contributed by atoms with Gasteiger partial charge in [-0.2, -0.15) is 0 Å². The Kier molecular flexibility index (Phi) is 2.94. The lowest BCUT2D eigenvalue weighted by molar-refractivity contribution is 0.0600. The van der Waals surface area contributed by atoms with Crippen molar-refractivity contribution in [1.29, 1.82) is 0 Å². The van der Waals surface area contributed by atoms with Crippen molar-refractivity contribution in [2.45, 2.75) is 6.92 Å². The number of fused-ring (bicyclic) bond motifs is 1. The summed E-state index contributed by atoms with van der Waals surface area (Å²) in [5.74, 6) is 1.17. The fraction of sp³-hybridized carbons (Fsp3) is 0.308. The van der Waals surface area contributed by atoms with Gasteiger partial charge in [0, 0.05) is 11.6 Å². The monoisotopic (exact) mass is 279 g/mol. The van der Waals surface area contributed by atoms with Crippen LogP contribution in [0, 0.1) is 6.92 Å². The van der Waals surface area contributed by atoms with Crippen LogP contribution in [0.4, 0.5) is 0 Å². The zero-order valence-corrected chi connectivity index (χ0v) is 11.4. The summed E-state index contributed by atoms with van der Waals surface area (Å²) < 4.78 is 15.9. The number of hydrogen-bond donors (Lipinski definition) is 1. The lowest BCUT2D eigenvalue weighted by atomic mass is 10.1. The van der Waals surface area contributed by atoms with Crippen molar-refractivity contribution in [3.05, 3.63) is 22.7 Å². The zero-order valence-electron chi connectivity index (χ0n) is 10.6. The summed E-state index contributed by atoms with van der Waals surface area (Å²) >= 11 is 1.53. The number of carbonyl (C=O) groups excluding carboxylic acids is 1. The zero-order chi connectivity index (χ0) is 13.4. The van der Waals surface area contributed by atoms with E-state index in [-0.39, 0.29) is 5.97 Å². The van der Waals surface area contributed by atoms with Gasteiger partial charge in [-0.05, 0) is 12.5 Å². The molecule has 1 aliphatic heterocycles. The van der Waals surface area contributed by atoms with Gasteiger partial charge in [0.2, 0.25) is 0 Å². The van der Waals surface area contributed by atoms with Gasteiger partial charge in [-0.1, -0.05) is 0 Å². The molecule has 2 aromatic heterocycles. The largest absolute Gasteiger partial charge is 0.485 e. The normalized spacial score (nSPS) is 13.4. The molecule has 1 N–H and O–H groups in total. The van der Waals surface area contributed by atoms with Gasteiger partial charge in [0.1, 0.15) is 13.2 Å². The molecule has 0 unspecified atom stereocenters. The van der Waals surface area contributed by atoms with E-state index in [4.69, 9.17) is 14.2 Å². The van der Waals surface area contributed by atoms with E-state index in [1.54, 1.807) is 6.20 Å². The Morgan fingerprint density at radius 1 is 1.42 bits per heavy atom. The quantitative estimate of drug-likeness (QED) is 0.858. The first-order valence-corrected chi connectivity index (χ1v) is 6.74. The highest BCUT2D eigenvalue weighted by Crippen LogP contribution is 2.46. The van der Waals surface area contributed by atoms with Crippen molar-refractivity contribution in [2.75, 3.05) is 20.3 Å². The fourth-order valence-electron chi connectivity index (χ4n) is 2.09. The molecule has 6 heteroatoms. The first-order valence-electron chi connectivity index (χ1n) is 5.86. The first kappa shape index (κ1) is 12.1. The third kappa shape index (κ3) is 1.88. The Morgan fingerprint density at radius 2 is 2.21 bits per heavy atom. The summed E-state index contributed by atoms with van der Waals surface area (Å²) in [7, 11) is 1.37. The number of nitrogens with one attached hydrogen (secondary N) is 1. The molecule has 1 aliphatic rings. The average molecular weight is 279 g/mol. The fourth-order valence-corrected chi connectivity index (χ4v) is 3.09. The molecule has 3 rings (SSSR count). The lowest BCUT2D eigenvalue weighted by Crippen LogP contribution is -2.14. The minimum atomic E-state index is -0.345. The standard InChI is InChI=1S/C13H13NO4S/c1-7-8(13(15)16-2)5-14-10(7)12-11-9(6-19-12)17-3-4-18-11/h5-6,14H,3-4H2,1-2H3. The summed E-state index contributed by atoms with van der Waals surface area (Å²) in [6.45, 7) is 2.99. The van der Waals surface area contributed by atoms with Crippen molar-refractivity contribution in [3.8, 4) is 22.1 Å². The van der Waals surface area contributed by atoms with Crippen molar-refractivity contribution >= 4 is 17.3 Å². The number of thiophene rings is 1. The van der Waals surface area contributed by atoms with Gasteiger partial charge < -0.3 is 19.2 Å². The van der Waals surface area contributed by atoms with Gasteiger partial charge in [-0.15, -0.1) is 11.3 Å². The maximum atomic E-state index is 11.6. The van der Waals surface area contributed by atoms with Gasteiger partial charge in [-0.25, -0.2) is 4.79 Å². The highest BCUT2D eigenvalue weighted by molar-refractivity contribution is 7.14. The molecule has 19 heavy (non-hydrogen) atoms. The van der Waals surface area contributed by atoms with E-state index in [9.17, 15) is 4.79 Å². The molecule has 0 aliphatic carbocycles. The summed E-state index contributed by atoms with van der Waals surface area (Å²) in [5, 5.41) is 1.92. The van der Waals surface area contributed by atoms with Crippen LogP contribution in [0.15, 0.2) is 11.6 Å². The lowest BCUT2D eigenvalue weighted by Gasteiger charge is -2.15. The van der Waals surface area contributed by atoms with Gasteiger partial charge in [0.15, 0.2) is 11.5 Å². The average Bonchev–Trinajstić information content (AvgIpc) is 3.01. The van der Waals surface area contributed by atoms with Crippen molar-refractivity contribution < 1.29 is 19.0 Å². The van der Waals surface area contributed by atoms with Gasteiger partial charge >= 0.3 is 5.97 Å². The van der Waals surface area contributed by atoms with Crippen molar-refractivity contribution in [1.82, 2.24) is 4.98 Å². The molecule has 3 heterocycles. The van der Waals surface area contributed by atoms with Gasteiger partial charge in [-0.3, -0.25) is 0 Å². The van der Waals surface area contributed by atoms with Crippen LogP contribution < -0.4 is 9.47 Å². The topological polar surface area (TPSA) is 60.6 Å². The number of esters is 1. The Hall–Kier alpha value is -1.95. The van der Waals surface area contributed by atoms with Crippen LogP contribution in [0.5, 0.6) is 11.5 Å². The molecule has 0 bridgehead atoms. The van der Waals surface area contributed by atoms with E-state index in [1.807, 2.05) is 12.3 Å². The van der Waals surface area contributed by atoms with Crippen LogP contribution in [0.1, 0.15) is 15.9 Å². The second-order valence-corrected chi connectivity index (χ2v) is 5.03. The van der Waals surface area contributed by atoms with E-state index < -0.39 is 0 Å². The highest BCUT2D eigenvalue weighted by Gasteiger charge is 2.24. The number of hydrogen-bond acceptors (Lipinski definition) is 5. The van der Waals surface area contributed by atoms with Crippen LogP contribution >= 0.6 is 11.3 Å². The van der Waals surface area contributed by atoms with E-state index in [2.05, 4.69) is 4.98 Å². The van der Waals surface area contributed by atoms with Crippen molar-refractivity contribution in [2.24, 2.45) is 0 Å². The minimum absolute atomic E-state index is 0.345. The molecule has 0 aromatic carbocycles. The predicted molar refractivity (Wildman–Crippen MR) is 71.2 cm³/mol. The third-order valence-corrected chi connectivity index (χ3v) is 4.03. The molecule has 0 fully saturated rings.